The predicted molar refractivity (Wildman–Crippen MR) is 121 cm³/mol. The fourth-order valence-corrected chi connectivity index (χ4v) is 4.42. The summed E-state index contributed by atoms with van der Waals surface area (Å²) in [4.78, 5) is 28.0. The molecule has 0 unspecified atom stereocenters. The molecule has 1 saturated heterocycles. The molecule has 0 saturated carbocycles. The third-order valence-corrected chi connectivity index (χ3v) is 6.27. The van der Waals surface area contributed by atoms with E-state index in [0.717, 1.165) is 11.6 Å². The zero-order chi connectivity index (χ0) is 24.9. The molecule has 2 atom stereocenters. The SMILES string of the molecule is CN(C)[C@H]1CN(c2nc3c(cnn3-c3ccc(C(F)(F)F)cn3)c(=O)[nH]2)C[C@@H]1c1ccc(F)cc1. The van der Waals surface area contributed by atoms with Crippen LogP contribution in [0.4, 0.5) is 23.5 Å². The molecule has 1 fully saturated rings. The molecular formula is C23H21F4N7O. The van der Waals surface area contributed by atoms with Gasteiger partial charge in [0.2, 0.25) is 5.95 Å². The van der Waals surface area contributed by atoms with Gasteiger partial charge in [0.1, 0.15) is 11.2 Å². The molecule has 8 nitrogen and oxygen atoms in total. The Bertz CT molecular complexity index is 1410. The van der Waals surface area contributed by atoms with Crippen LogP contribution in [0.3, 0.4) is 0 Å². The molecule has 35 heavy (non-hydrogen) atoms. The normalized spacial score (nSPS) is 18.7. The Balaban J connectivity index is 1.51. The van der Waals surface area contributed by atoms with E-state index >= 15 is 0 Å². The number of anilines is 1. The summed E-state index contributed by atoms with van der Waals surface area (Å²) in [5, 5.41) is 4.32. The molecule has 1 aliphatic heterocycles. The van der Waals surface area contributed by atoms with Crippen LogP contribution in [0.5, 0.6) is 0 Å². The second-order valence-corrected chi connectivity index (χ2v) is 8.68. The fraction of sp³-hybridized carbons (Fsp3) is 0.304. The van der Waals surface area contributed by atoms with Crippen molar-refractivity contribution in [3.63, 3.8) is 0 Å². The first-order valence-electron chi connectivity index (χ1n) is 10.8. The molecule has 0 radical (unpaired) electrons. The molecule has 4 aromatic rings. The van der Waals surface area contributed by atoms with Crippen molar-refractivity contribution in [1.29, 1.82) is 0 Å². The Hall–Kier alpha value is -3.80. The zero-order valence-electron chi connectivity index (χ0n) is 18.8. The van der Waals surface area contributed by atoms with E-state index in [0.29, 0.717) is 25.2 Å². The molecule has 3 aromatic heterocycles. The highest BCUT2D eigenvalue weighted by Gasteiger charge is 2.36. The summed E-state index contributed by atoms with van der Waals surface area (Å²) < 4.78 is 53.4. The maximum Gasteiger partial charge on any atom is 0.417 e. The number of aromatic amines is 1. The van der Waals surface area contributed by atoms with Crippen molar-refractivity contribution < 1.29 is 17.6 Å². The van der Waals surface area contributed by atoms with Crippen LogP contribution < -0.4 is 10.5 Å². The van der Waals surface area contributed by atoms with Gasteiger partial charge in [0.25, 0.3) is 5.56 Å². The van der Waals surface area contributed by atoms with E-state index in [2.05, 4.69) is 25.0 Å². The number of hydrogen-bond donors (Lipinski definition) is 1. The number of likely N-dealkylation sites (N-methyl/N-ethyl adjacent to an activating group) is 1. The van der Waals surface area contributed by atoms with Gasteiger partial charge in [0.15, 0.2) is 11.5 Å². The first-order chi connectivity index (χ1) is 16.6. The van der Waals surface area contributed by atoms with E-state index < -0.39 is 17.3 Å². The van der Waals surface area contributed by atoms with Crippen LogP contribution >= 0.6 is 0 Å². The molecule has 0 bridgehead atoms. The lowest BCUT2D eigenvalue weighted by Crippen LogP contribution is -2.35. The van der Waals surface area contributed by atoms with Gasteiger partial charge in [-0.2, -0.15) is 27.9 Å². The zero-order valence-corrected chi connectivity index (χ0v) is 18.8. The molecule has 1 aliphatic rings. The Morgan fingerprint density at radius 2 is 1.80 bits per heavy atom. The van der Waals surface area contributed by atoms with Crippen LogP contribution in [0.15, 0.2) is 53.6 Å². The van der Waals surface area contributed by atoms with Gasteiger partial charge in [-0.1, -0.05) is 12.1 Å². The number of hydrogen-bond acceptors (Lipinski definition) is 6. The Labute approximate surface area is 196 Å². The summed E-state index contributed by atoms with van der Waals surface area (Å²) in [5.74, 6) is 0.140. The number of benzene rings is 1. The van der Waals surface area contributed by atoms with Crippen LogP contribution in [0.1, 0.15) is 17.0 Å². The fourth-order valence-electron chi connectivity index (χ4n) is 4.42. The standard InChI is InChI=1S/C23H21F4N7O/c1-32(2)18-12-33(11-17(18)13-3-6-15(24)7-4-13)22-30-20-16(21(35)31-22)10-29-34(20)19-8-5-14(9-28-19)23(25,26)27/h3-10,17-18H,11-12H2,1-2H3,(H,30,31,35)/t17-,18+/m1/s1. The summed E-state index contributed by atoms with van der Waals surface area (Å²) in [6.45, 7) is 1.08. The summed E-state index contributed by atoms with van der Waals surface area (Å²) in [6, 6.07) is 8.51. The molecule has 0 spiro atoms. The Kier molecular flexibility index (Phi) is 5.55. The maximum atomic E-state index is 13.5. The smallest absolute Gasteiger partial charge is 0.340 e. The average molecular weight is 487 g/mol. The maximum absolute atomic E-state index is 13.5. The molecule has 1 N–H and O–H groups in total. The van der Waals surface area contributed by atoms with Gasteiger partial charge in [0, 0.05) is 31.2 Å². The quantitative estimate of drug-likeness (QED) is 0.446. The largest absolute Gasteiger partial charge is 0.417 e. The third-order valence-electron chi connectivity index (χ3n) is 6.27. The van der Waals surface area contributed by atoms with Crippen LogP contribution in [-0.2, 0) is 6.18 Å². The van der Waals surface area contributed by atoms with Crippen LogP contribution in [-0.4, -0.2) is 62.9 Å². The van der Waals surface area contributed by atoms with Crippen molar-refractivity contribution in [1.82, 2.24) is 29.6 Å². The number of pyridine rings is 1. The second-order valence-electron chi connectivity index (χ2n) is 8.68. The Morgan fingerprint density at radius 3 is 2.43 bits per heavy atom. The minimum absolute atomic E-state index is 0.0353. The molecule has 0 aliphatic carbocycles. The number of rotatable bonds is 4. The third kappa shape index (κ3) is 4.25. The van der Waals surface area contributed by atoms with Crippen LogP contribution in [0, 0.1) is 5.82 Å². The summed E-state index contributed by atoms with van der Waals surface area (Å²) in [5.41, 5.74) is -0.157. The van der Waals surface area contributed by atoms with Gasteiger partial charge in [0.05, 0.1) is 11.8 Å². The van der Waals surface area contributed by atoms with Crippen LogP contribution in [0.2, 0.25) is 0 Å². The van der Waals surface area contributed by atoms with Crippen molar-refractivity contribution in [3.8, 4) is 5.82 Å². The van der Waals surface area contributed by atoms with Gasteiger partial charge < -0.3 is 9.80 Å². The van der Waals surface area contributed by atoms with E-state index in [4.69, 9.17) is 0 Å². The van der Waals surface area contributed by atoms with Crippen molar-refractivity contribution in [3.05, 3.63) is 76.1 Å². The summed E-state index contributed by atoms with van der Waals surface area (Å²) >= 11 is 0. The second kappa shape index (κ2) is 8.45. The number of nitrogens with one attached hydrogen (secondary N) is 1. The lowest BCUT2D eigenvalue weighted by atomic mass is 9.94. The van der Waals surface area contributed by atoms with Gasteiger partial charge in [-0.25, -0.2) is 9.37 Å². The average Bonchev–Trinajstić information content (AvgIpc) is 3.44. The topological polar surface area (TPSA) is 82.9 Å². The molecule has 0 amide bonds. The van der Waals surface area contributed by atoms with Gasteiger partial charge in [-0.3, -0.25) is 9.78 Å². The predicted octanol–water partition coefficient (Wildman–Crippen LogP) is 3.20. The molecule has 5 rings (SSSR count). The highest BCUT2D eigenvalue weighted by molar-refractivity contribution is 5.76. The van der Waals surface area contributed by atoms with Crippen LogP contribution in [0.25, 0.3) is 16.9 Å². The number of fused-ring (bicyclic) bond motifs is 1. The van der Waals surface area contributed by atoms with E-state index in [1.807, 2.05) is 19.0 Å². The lowest BCUT2D eigenvalue weighted by molar-refractivity contribution is -0.137. The molecular weight excluding hydrogens is 466 g/mol. The Morgan fingerprint density at radius 1 is 1.06 bits per heavy atom. The highest BCUT2D eigenvalue weighted by Crippen LogP contribution is 2.33. The van der Waals surface area contributed by atoms with E-state index in [9.17, 15) is 22.4 Å². The van der Waals surface area contributed by atoms with E-state index in [-0.39, 0.29) is 34.6 Å². The molecule has 12 heteroatoms. The number of H-pyrrole nitrogens is 1. The monoisotopic (exact) mass is 487 g/mol. The number of aromatic nitrogens is 5. The first kappa shape index (κ1) is 23.0. The van der Waals surface area contributed by atoms with Crippen molar-refractivity contribution in [2.75, 3.05) is 32.1 Å². The molecule has 182 valence electrons. The molecule has 1 aromatic carbocycles. The van der Waals surface area contributed by atoms with E-state index in [1.165, 1.54) is 29.1 Å². The number of halogens is 4. The summed E-state index contributed by atoms with van der Waals surface area (Å²) in [7, 11) is 3.91. The highest BCUT2D eigenvalue weighted by atomic mass is 19.4. The summed E-state index contributed by atoms with van der Waals surface area (Å²) in [6.07, 6.45) is -2.50. The van der Waals surface area contributed by atoms with Gasteiger partial charge in [-0.05, 0) is 43.9 Å². The minimum atomic E-state index is -4.51. The van der Waals surface area contributed by atoms with Crippen molar-refractivity contribution in [2.45, 2.75) is 18.1 Å². The van der Waals surface area contributed by atoms with Crippen molar-refractivity contribution >= 4 is 17.0 Å². The lowest BCUT2D eigenvalue weighted by Gasteiger charge is -2.25. The van der Waals surface area contributed by atoms with Crippen molar-refractivity contribution in [2.24, 2.45) is 0 Å². The van der Waals surface area contributed by atoms with Gasteiger partial charge in [-0.15, -0.1) is 0 Å². The van der Waals surface area contributed by atoms with Gasteiger partial charge >= 0.3 is 6.18 Å². The molecule has 4 heterocycles. The minimum Gasteiger partial charge on any atom is -0.340 e. The first-order valence-corrected chi connectivity index (χ1v) is 10.8. The van der Waals surface area contributed by atoms with E-state index in [1.54, 1.807) is 12.1 Å². The number of nitrogens with zero attached hydrogens (tertiary/aromatic N) is 6. The number of alkyl halides is 3.